The Balaban J connectivity index is 1.36. The lowest BCUT2D eigenvalue weighted by molar-refractivity contribution is 1.26. The molecular weight excluding hydrogens is 543 g/mol. The fourth-order valence-corrected chi connectivity index (χ4v) is 7.23. The van der Waals surface area contributed by atoms with E-state index in [-0.39, 0.29) is 6.98 Å². The van der Waals surface area contributed by atoms with E-state index in [2.05, 4.69) is 186 Å². The van der Waals surface area contributed by atoms with Crippen LogP contribution in [-0.2, 0) is 0 Å². The first-order valence-corrected chi connectivity index (χ1v) is 15.6. The van der Waals surface area contributed by atoms with Crippen LogP contribution in [0.15, 0.2) is 176 Å². The number of benzene rings is 7. The van der Waals surface area contributed by atoms with Crippen molar-refractivity contribution in [3.8, 4) is 44.5 Å². The minimum Gasteiger partial charge on any atom is -0.361 e. The number of nitrogens with zero attached hydrogens (tertiary/aromatic N) is 2. The molecule has 0 atom stereocenters. The topological polar surface area (TPSA) is 6.48 Å². The molecule has 45 heavy (non-hydrogen) atoms. The molecule has 7 aromatic rings. The lowest BCUT2D eigenvalue weighted by Crippen LogP contribution is -2.61. The lowest BCUT2D eigenvalue weighted by Gasteiger charge is -2.48. The van der Waals surface area contributed by atoms with Crippen molar-refractivity contribution in [1.82, 2.24) is 0 Å². The molecule has 2 heterocycles. The van der Waals surface area contributed by atoms with E-state index in [1.54, 1.807) is 0 Å². The quantitative estimate of drug-likeness (QED) is 0.194. The molecule has 0 saturated heterocycles. The highest BCUT2D eigenvalue weighted by Crippen LogP contribution is 2.50. The second-order valence-corrected chi connectivity index (χ2v) is 11.7. The predicted octanol–water partition coefficient (Wildman–Crippen LogP) is 10.4. The maximum absolute atomic E-state index is 2.54. The number of hydrogen-bond donors (Lipinski definition) is 0. The normalized spacial score (nSPS) is 12.8. The van der Waals surface area contributed by atoms with Gasteiger partial charge in [0.25, 0.3) is 0 Å². The third kappa shape index (κ3) is 4.12. The highest BCUT2D eigenvalue weighted by molar-refractivity contribution is 6.86. The molecule has 0 saturated carbocycles. The van der Waals surface area contributed by atoms with Crippen molar-refractivity contribution in [3.63, 3.8) is 0 Å². The van der Waals surface area contributed by atoms with Crippen LogP contribution in [0.1, 0.15) is 0 Å². The van der Waals surface area contributed by atoms with Gasteiger partial charge in [-0.1, -0.05) is 127 Å². The molecule has 7 aromatic carbocycles. The molecule has 9 rings (SSSR count). The number of para-hydroxylation sites is 2. The molecular formula is C42H29BN2. The van der Waals surface area contributed by atoms with Gasteiger partial charge in [0.2, 0.25) is 0 Å². The Morgan fingerprint density at radius 1 is 0.311 bits per heavy atom. The number of anilines is 4. The summed E-state index contributed by atoms with van der Waals surface area (Å²) < 4.78 is 0. The molecule has 0 aliphatic carbocycles. The fourth-order valence-electron chi connectivity index (χ4n) is 7.23. The molecule has 0 aromatic heterocycles. The van der Waals surface area contributed by atoms with E-state index in [0.29, 0.717) is 0 Å². The maximum Gasteiger partial charge on any atom is 0.421 e. The SMILES string of the molecule is c1ccc(-c2ccc3c(c2)-c2cccc4c2B(N3c2ccccc2)N(c2ccccc2)c2ccc(-c3ccccc3)cc2-4)cc1. The third-order valence-electron chi connectivity index (χ3n) is 9.23. The van der Waals surface area contributed by atoms with Gasteiger partial charge in [-0.25, -0.2) is 0 Å². The molecule has 0 spiro atoms. The summed E-state index contributed by atoms with van der Waals surface area (Å²) in [5.41, 5.74) is 16.1. The van der Waals surface area contributed by atoms with E-state index >= 15 is 0 Å². The van der Waals surface area contributed by atoms with Gasteiger partial charge in [-0.05, 0) is 87.4 Å². The Labute approximate surface area is 264 Å². The van der Waals surface area contributed by atoms with Crippen molar-refractivity contribution in [2.45, 2.75) is 0 Å². The van der Waals surface area contributed by atoms with Crippen LogP contribution >= 0.6 is 0 Å². The number of hydrogen-bond acceptors (Lipinski definition) is 2. The van der Waals surface area contributed by atoms with Crippen LogP contribution in [0.3, 0.4) is 0 Å². The van der Waals surface area contributed by atoms with Gasteiger partial charge >= 0.3 is 6.98 Å². The fraction of sp³-hybridized carbons (Fsp3) is 0. The van der Waals surface area contributed by atoms with E-state index in [1.165, 1.54) is 72.7 Å². The second kappa shape index (κ2) is 10.4. The highest BCUT2D eigenvalue weighted by atomic mass is 15.2. The van der Waals surface area contributed by atoms with Gasteiger partial charge in [0, 0.05) is 33.9 Å². The van der Waals surface area contributed by atoms with Crippen LogP contribution in [0, 0.1) is 0 Å². The van der Waals surface area contributed by atoms with E-state index < -0.39 is 0 Å². The summed E-state index contributed by atoms with van der Waals surface area (Å²) in [5.74, 6) is 0. The Morgan fingerprint density at radius 3 is 1.13 bits per heavy atom. The van der Waals surface area contributed by atoms with Crippen molar-refractivity contribution >= 4 is 35.2 Å². The molecule has 2 aliphatic heterocycles. The highest BCUT2D eigenvalue weighted by Gasteiger charge is 2.46. The zero-order chi connectivity index (χ0) is 29.7. The van der Waals surface area contributed by atoms with Crippen LogP contribution in [0.5, 0.6) is 0 Å². The van der Waals surface area contributed by atoms with Gasteiger partial charge in [0.1, 0.15) is 0 Å². The van der Waals surface area contributed by atoms with E-state index in [9.17, 15) is 0 Å². The predicted molar refractivity (Wildman–Crippen MR) is 191 cm³/mol. The van der Waals surface area contributed by atoms with Crippen LogP contribution in [0.4, 0.5) is 22.7 Å². The summed E-state index contributed by atoms with van der Waals surface area (Å²) in [5, 5.41) is 0. The van der Waals surface area contributed by atoms with Crippen molar-refractivity contribution < 1.29 is 0 Å². The van der Waals surface area contributed by atoms with Crippen molar-refractivity contribution in [2.24, 2.45) is 0 Å². The largest absolute Gasteiger partial charge is 0.421 e. The average molecular weight is 573 g/mol. The van der Waals surface area contributed by atoms with Crippen LogP contribution < -0.4 is 15.1 Å². The van der Waals surface area contributed by atoms with Crippen molar-refractivity contribution in [1.29, 1.82) is 0 Å². The molecule has 210 valence electrons. The smallest absolute Gasteiger partial charge is 0.361 e. The van der Waals surface area contributed by atoms with Crippen LogP contribution in [-0.4, -0.2) is 6.98 Å². The molecule has 0 unspecified atom stereocenters. The summed E-state index contributed by atoms with van der Waals surface area (Å²) in [6.07, 6.45) is 0. The van der Waals surface area contributed by atoms with Gasteiger partial charge in [-0.15, -0.1) is 0 Å². The minimum atomic E-state index is -0.0776. The van der Waals surface area contributed by atoms with Gasteiger partial charge in [-0.2, -0.15) is 0 Å². The Bertz CT molecular complexity index is 2010. The van der Waals surface area contributed by atoms with Gasteiger partial charge in [0.15, 0.2) is 0 Å². The van der Waals surface area contributed by atoms with E-state index in [4.69, 9.17) is 0 Å². The molecule has 2 aliphatic rings. The summed E-state index contributed by atoms with van der Waals surface area (Å²) >= 11 is 0. The minimum absolute atomic E-state index is 0.0776. The van der Waals surface area contributed by atoms with Crippen molar-refractivity contribution in [2.75, 3.05) is 9.62 Å². The summed E-state index contributed by atoms with van der Waals surface area (Å²) in [6.45, 7) is -0.0776. The molecule has 0 radical (unpaired) electrons. The van der Waals surface area contributed by atoms with E-state index in [0.717, 1.165) is 0 Å². The number of fused-ring (bicyclic) bond motifs is 4. The molecule has 0 N–H and O–H groups in total. The zero-order valence-corrected chi connectivity index (χ0v) is 24.7. The van der Waals surface area contributed by atoms with Gasteiger partial charge in [-0.3, -0.25) is 0 Å². The van der Waals surface area contributed by atoms with Gasteiger partial charge in [0.05, 0.1) is 0 Å². The van der Waals surface area contributed by atoms with Crippen LogP contribution in [0.2, 0.25) is 0 Å². The first kappa shape index (κ1) is 25.7. The molecule has 0 fully saturated rings. The molecule has 0 amide bonds. The Kier molecular flexibility index (Phi) is 5.95. The monoisotopic (exact) mass is 572 g/mol. The van der Waals surface area contributed by atoms with E-state index in [1.807, 2.05) is 0 Å². The summed E-state index contributed by atoms with van der Waals surface area (Å²) in [7, 11) is 0. The molecule has 3 heteroatoms. The first-order valence-electron chi connectivity index (χ1n) is 15.6. The Hall–Kier alpha value is -5.80. The summed E-state index contributed by atoms with van der Waals surface area (Å²) in [6, 6.07) is 63.9. The van der Waals surface area contributed by atoms with Crippen LogP contribution in [0.25, 0.3) is 44.5 Å². The lowest BCUT2D eigenvalue weighted by atomic mass is 9.53. The van der Waals surface area contributed by atoms with Gasteiger partial charge < -0.3 is 9.62 Å². The summed E-state index contributed by atoms with van der Waals surface area (Å²) in [4.78, 5) is 5.08. The zero-order valence-electron chi connectivity index (χ0n) is 24.7. The first-order chi connectivity index (χ1) is 22.3. The maximum atomic E-state index is 2.54. The molecule has 0 bridgehead atoms. The van der Waals surface area contributed by atoms with Crippen molar-refractivity contribution in [3.05, 3.63) is 176 Å². The second-order valence-electron chi connectivity index (χ2n) is 11.7. The average Bonchev–Trinajstić information content (AvgIpc) is 3.13. The Morgan fingerprint density at radius 2 is 0.711 bits per heavy atom. The third-order valence-corrected chi connectivity index (χ3v) is 9.23. The number of rotatable bonds is 4. The standard InChI is InChI=1S/C42H29BN2/c1-5-14-30(15-6-1)32-24-26-40-38(28-32)36-22-13-23-37-39-29-33(31-16-7-2-8-17-31)25-27-41(39)45(35-20-11-4-12-21-35)43(42(36)37)44(40)34-18-9-3-10-19-34/h1-29H. The molecule has 2 nitrogen and oxygen atoms in total.